The van der Waals surface area contributed by atoms with Gasteiger partial charge in [0.2, 0.25) is 0 Å². The minimum absolute atomic E-state index is 0.0101. The molecule has 0 saturated carbocycles. The number of rotatable bonds is 5. The Morgan fingerprint density at radius 1 is 1.03 bits per heavy atom. The van der Waals surface area contributed by atoms with Gasteiger partial charge in [-0.1, -0.05) is 11.6 Å². The lowest BCUT2D eigenvalue weighted by molar-refractivity contribution is -0.143. The molecule has 2 rings (SSSR count). The Kier molecular flexibility index (Phi) is 6.60. The Labute approximate surface area is 169 Å². The Balaban J connectivity index is 2.05. The largest absolute Gasteiger partial charge is 0.416 e. The molecule has 15 heteroatoms. The van der Waals surface area contributed by atoms with E-state index in [0.29, 0.717) is 12.1 Å². The zero-order chi connectivity index (χ0) is 22.7. The van der Waals surface area contributed by atoms with E-state index in [9.17, 15) is 31.1 Å². The number of nitrogens with two attached hydrogens (primary N) is 2. The van der Waals surface area contributed by atoms with Crippen LogP contribution in [0, 0.1) is 0 Å². The van der Waals surface area contributed by atoms with Crippen LogP contribution >= 0.6 is 11.6 Å². The molecule has 0 aliphatic heterocycles. The van der Waals surface area contributed by atoms with Crippen LogP contribution in [0.4, 0.5) is 38.0 Å². The summed E-state index contributed by atoms with van der Waals surface area (Å²) in [5, 5.41) is 5.31. The highest BCUT2D eigenvalue weighted by molar-refractivity contribution is 6.31. The van der Waals surface area contributed by atoms with Crippen LogP contribution in [0.3, 0.4) is 0 Å². The maximum Gasteiger partial charge on any atom is 0.416 e. The van der Waals surface area contributed by atoms with E-state index in [2.05, 4.69) is 25.8 Å². The Bertz CT molecular complexity index is 945. The highest BCUT2D eigenvalue weighted by Gasteiger charge is 2.36. The second-order valence-electron chi connectivity index (χ2n) is 5.61. The number of carbonyl (C=O) groups is 1. The van der Waals surface area contributed by atoms with Crippen LogP contribution in [-0.2, 0) is 18.9 Å². The van der Waals surface area contributed by atoms with Gasteiger partial charge < -0.3 is 22.2 Å². The van der Waals surface area contributed by atoms with E-state index in [-0.39, 0.29) is 34.1 Å². The van der Waals surface area contributed by atoms with Gasteiger partial charge in [-0.05, 0) is 23.8 Å². The van der Waals surface area contributed by atoms with E-state index in [0.717, 1.165) is 6.34 Å². The van der Waals surface area contributed by atoms with Crippen molar-refractivity contribution in [3.8, 4) is 0 Å². The van der Waals surface area contributed by atoms with E-state index < -0.39 is 35.9 Å². The van der Waals surface area contributed by atoms with Gasteiger partial charge >= 0.3 is 12.4 Å². The standard InChI is InChI=1S/C15H12ClF6N7O/c16-10-12(24)29-11(23)9(28-10)13(30)25-5-27-26-4-6-1-7(14(17,18)19)3-8(2-6)15(20,21)22/h1-3,5,26H,4H2,(H4,23,24,29)(H,25,27,30). The molecular formula is C15H12ClF6N7O. The zero-order valence-electron chi connectivity index (χ0n) is 14.6. The number of hydrogen-bond acceptors (Lipinski definition) is 7. The highest BCUT2D eigenvalue weighted by atomic mass is 35.5. The molecule has 0 radical (unpaired) electrons. The monoisotopic (exact) mass is 455 g/mol. The van der Waals surface area contributed by atoms with Gasteiger partial charge in [0.05, 0.1) is 17.7 Å². The molecule has 1 amide bonds. The van der Waals surface area contributed by atoms with Crippen LogP contribution < -0.4 is 22.2 Å². The van der Waals surface area contributed by atoms with Crippen molar-refractivity contribution >= 4 is 35.5 Å². The van der Waals surface area contributed by atoms with Crippen LogP contribution in [0.1, 0.15) is 27.2 Å². The van der Waals surface area contributed by atoms with Crippen LogP contribution in [0.5, 0.6) is 0 Å². The molecule has 0 bridgehead atoms. The fraction of sp³-hybridized carbons (Fsp3) is 0.200. The zero-order valence-corrected chi connectivity index (χ0v) is 15.3. The maximum atomic E-state index is 12.8. The number of carbonyl (C=O) groups excluding carboxylic acids is 1. The van der Waals surface area contributed by atoms with Crippen LogP contribution in [-0.4, -0.2) is 22.2 Å². The van der Waals surface area contributed by atoms with Gasteiger partial charge in [0.1, 0.15) is 6.34 Å². The lowest BCUT2D eigenvalue weighted by Crippen LogP contribution is -2.26. The molecule has 2 aromatic rings. The fourth-order valence-electron chi connectivity index (χ4n) is 2.07. The van der Waals surface area contributed by atoms with Gasteiger partial charge in [-0.3, -0.25) is 4.79 Å². The first-order valence-corrected chi connectivity index (χ1v) is 8.09. The van der Waals surface area contributed by atoms with Crippen LogP contribution in [0.15, 0.2) is 23.3 Å². The van der Waals surface area contributed by atoms with Gasteiger partial charge in [-0.25, -0.2) is 9.97 Å². The van der Waals surface area contributed by atoms with Gasteiger partial charge in [-0.2, -0.15) is 31.4 Å². The average Bonchev–Trinajstić information content (AvgIpc) is 2.62. The predicted molar refractivity (Wildman–Crippen MR) is 95.1 cm³/mol. The highest BCUT2D eigenvalue weighted by Crippen LogP contribution is 2.36. The summed E-state index contributed by atoms with van der Waals surface area (Å²) in [5.41, 5.74) is 9.44. The number of hydrogen-bond donors (Lipinski definition) is 4. The number of amides is 1. The summed E-state index contributed by atoms with van der Waals surface area (Å²) in [7, 11) is 0. The van der Waals surface area contributed by atoms with Crippen molar-refractivity contribution in [1.82, 2.24) is 20.7 Å². The molecule has 0 saturated heterocycles. The summed E-state index contributed by atoms with van der Waals surface area (Å²) >= 11 is 5.63. The number of nitrogens with one attached hydrogen (secondary N) is 2. The third-order valence-electron chi connectivity index (χ3n) is 3.40. The third kappa shape index (κ3) is 5.85. The number of aromatic nitrogens is 2. The summed E-state index contributed by atoms with van der Waals surface area (Å²) in [5.74, 6) is -1.40. The summed E-state index contributed by atoms with van der Waals surface area (Å²) in [6.45, 7) is -0.491. The lowest BCUT2D eigenvalue weighted by atomic mass is 10.0. The second-order valence-corrected chi connectivity index (χ2v) is 5.97. The summed E-state index contributed by atoms with van der Waals surface area (Å²) < 4.78 is 76.9. The van der Waals surface area contributed by atoms with Gasteiger partial charge in [0, 0.05) is 0 Å². The second kappa shape index (κ2) is 8.61. The van der Waals surface area contributed by atoms with Crippen molar-refractivity contribution in [2.75, 3.05) is 11.5 Å². The molecule has 1 heterocycles. The van der Waals surface area contributed by atoms with Crippen molar-refractivity contribution in [2.45, 2.75) is 18.9 Å². The maximum absolute atomic E-state index is 12.8. The molecule has 0 fully saturated rings. The van der Waals surface area contributed by atoms with E-state index in [1.165, 1.54) is 0 Å². The first kappa shape index (κ1) is 23.0. The van der Waals surface area contributed by atoms with E-state index in [4.69, 9.17) is 23.1 Å². The fourth-order valence-corrected chi connectivity index (χ4v) is 2.20. The van der Waals surface area contributed by atoms with E-state index >= 15 is 0 Å². The third-order valence-corrected chi connectivity index (χ3v) is 3.68. The van der Waals surface area contributed by atoms with Crippen molar-refractivity contribution in [2.24, 2.45) is 5.10 Å². The lowest BCUT2D eigenvalue weighted by Gasteiger charge is -2.14. The van der Waals surface area contributed by atoms with E-state index in [1.807, 2.05) is 0 Å². The number of halogens is 7. The molecule has 0 aliphatic carbocycles. The molecule has 0 spiro atoms. The van der Waals surface area contributed by atoms with Crippen molar-refractivity contribution < 1.29 is 31.1 Å². The minimum atomic E-state index is -4.96. The smallest absolute Gasteiger partial charge is 0.382 e. The Morgan fingerprint density at radius 2 is 1.60 bits per heavy atom. The number of alkyl halides is 6. The molecule has 0 aliphatic rings. The van der Waals surface area contributed by atoms with E-state index in [1.54, 1.807) is 0 Å². The first-order chi connectivity index (χ1) is 13.8. The molecular weight excluding hydrogens is 444 g/mol. The minimum Gasteiger partial charge on any atom is -0.382 e. The molecule has 0 atom stereocenters. The SMILES string of the molecule is Nc1nc(N)c(C(=O)N/C=N\NCc2cc(C(F)(F)F)cc(C(F)(F)F)c2)nc1Cl. The Morgan fingerprint density at radius 3 is 2.13 bits per heavy atom. The number of hydrazone groups is 1. The molecule has 1 aromatic heterocycles. The van der Waals surface area contributed by atoms with Gasteiger partial charge in [0.25, 0.3) is 5.91 Å². The summed E-state index contributed by atoms with van der Waals surface area (Å²) in [6, 6.07) is 1.10. The molecule has 6 N–H and O–H groups in total. The Hall–Kier alpha value is -3.29. The average molecular weight is 456 g/mol. The topological polar surface area (TPSA) is 131 Å². The normalized spacial score (nSPS) is 12.2. The molecule has 1 aromatic carbocycles. The molecule has 0 unspecified atom stereocenters. The van der Waals surface area contributed by atoms with Crippen molar-refractivity contribution in [3.63, 3.8) is 0 Å². The van der Waals surface area contributed by atoms with Gasteiger partial charge in [-0.15, -0.1) is 0 Å². The van der Waals surface area contributed by atoms with Gasteiger partial charge in [0.15, 0.2) is 22.5 Å². The quantitative estimate of drug-likeness (QED) is 0.237. The van der Waals surface area contributed by atoms with Crippen LogP contribution in [0.25, 0.3) is 0 Å². The summed E-state index contributed by atoms with van der Waals surface area (Å²) in [4.78, 5) is 19.1. The number of nitrogen functional groups attached to an aromatic ring is 2. The first-order valence-electron chi connectivity index (χ1n) is 7.71. The molecule has 162 valence electrons. The number of benzene rings is 1. The van der Waals surface area contributed by atoms with Crippen LogP contribution in [0.2, 0.25) is 5.15 Å². The van der Waals surface area contributed by atoms with Crippen molar-refractivity contribution in [1.29, 1.82) is 0 Å². The molecule has 30 heavy (non-hydrogen) atoms. The summed E-state index contributed by atoms with van der Waals surface area (Å²) in [6.07, 6.45) is -9.14. The number of nitrogens with zero attached hydrogens (tertiary/aromatic N) is 3. The van der Waals surface area contributed by atoms with Crippen molar-refractivity contribution in [3.05, 3.63) is 45.7 Å². The molecule has 8 nitrogen and oxygen atoms in total. The number of anilines is 2. The predicted octanol–water partition coefficient (Wildman–Crippen LogP) is 2.79.